The Morgan fingerprint density at radius 1 is 1.31 bits per heavy atom. The Morgan fingerprint density at radius 3 is 2.62 bits per heavy atom. The zero-order valence-electron chi connectivity index (χ0n) is 8.62. The summed E-state index contributed by atoms with van der Waals surface area (Å²) in [6, 6.07) is -0.0602. The fourth-order valence-electron chi connectivity index (χ4n) is 1.59. The van der Waals surface area contributed by atoms with Gasteiger partial charge in [-0.1, -0.05) is 0 Å². The summed E-state index contributed by atoms with van der Waals surface area (Å²) < 4.78 is 4.75. The Bertz CT molecular complexity index is 184. The van der Waals surface area contributed by atoms with Gasteiger partial charge in [0.2, 0.25) is 0 Å². The Kier molecular flexibility index (Phi) is 3.69. The van der Waals surface area contributed by atoms with Gasteiger partial charge < -0.3 is 9.64 Å². The molecule has 1 unspecified atom stereocenters. The third kappa shape index (κ3) is 2.67. The molecule has 1 atom stereocenters. The molecule has 13 heavy (non-hydrogen) atoms. The summed E-state index contributed by atoms with van der Waals surface area (Å²) in [5, 5.41) is 0. The van der Waals surface area contributed by atoms with Gasteiger partial charge in [0.05, 0.1) is 7.11 Å². The largest absolute Gasteiger partial charge is 0.468 e. The molecule has 0 saturated carbocycles. The molecular weight excluding hydrogens is 168 g/mol. The molecule has 0 aliphatic carbocycles. The smallest absolute Gasteiger partial charge is 0.323 e. The summed E-state index contributed by atoms with van der Waals surface area (Å²) in [6.07, 6.45) is 0.861. The van der Waals surface area contributed by atoms with Crippen molar-refractivity contribution < 1.29 is 9.53 Å². The van der Waals surface area contributed by atoms with Crippen LogP contribution >= 0.6 is 0 Å². The lowest BCUT2D eigenvalue weighted by Gasteiger charge is -2.22. The van der Waals surface area contributed by atoms with Crippen molar-refractivity contribution in [1.82, 2.24) is 9.80 Å². The summed E-state index contributed by atoms with van der Waals surface area (Å²) in [5.74, 6) is -0.113. The number of carbonyl (C=O) groups is 1. The third-order valence-electron chi connectivity index (χ3n) is 2.62. The highest BCUT2D eigenvalue weighted by Crippen LogP contribution is 2.09. The normalized spacial score (nSPS) is 26.8. The molecule has 0 bridgehead atoms. The number of hydrogen-bond donors (Lipinski definition) is 0. The van der Waals surface area contributed by atoms with Crippen LogP contribution in [0.15, 0.2) is 0 Å². The van der Waals surface area contributed by atoms with Gasteiger partial charge in [0, 0.05) is 13.1 Å². The zero-order chi connectivity index (χ0) is 9.84. The van der Waals surface area contributed by atoms with Gasteiger partial charge >= 0.3 is 5.97 Å². The quantitative estimate of drug-likeness (QED) is 0.531. The van der Waals surface area contributed by atoms with E-state index in [1.165, 1.54) is 7.11 Å². The molecule has 1 heterocycles. The highest BCUT2D eigenvalue weighted by atomic mass is 16.5. The Balaban J connectivity index is 2.56. The molecule has 0 spiro atoms. The molecule has 4 nitrogen and oxygen atoms in total. The van der Waals surface area contributed by atoms with E-state index in [-0.39, 0.29) is 12.0 Å². The van der Waals surface area contributed by atoms with Gasteiger partial charge in [0.1, 0.15) is 6.04 Å². The first-order chi connectivity index (χ1) is 6.15. The molecule has 4 heteroatoms. The molecule has 1 aliphatic heterocycles. The van der Waals surface area contributed by atoms with Crippen LogP contribution < -0.4 is 0 Å². The maximum Gasteiger partial charge on any atom is 0.323 e. The lowest BCUT2D eigenvalue weighted by Crippen LogP contribution is -2.39. The van der Waals surface area contributed by atoms with Gasteiger partial charge in [0.15, 0.2) is 0 Å². The van der Waals surface area contributed by atoms with Crippen molar-refractivity contribution in [3.05, 3.63) is 0 Å². The monoisotopic (exact) mass is 186 g/mol. The SMILES string of the molecule is COC(=O)C1CCN(C)CCN1C. The molecule has 1 rings (SSSR count). The number of ether oxygens (including phenoxy) is 1. The molecule has 0 amide bonds. The average Bonchev–Trinajstić information content (AvgIpc) is 2.28. The summed E-state index contributed by atoms with van der Waals surface area (Å²) in [4.78, 5) is 15.7. The number of esters is 1. The van der Waals surface area contributed by atoms with Crippen molar-refractivity contribution in [1.29, 1.82) is 0 Å². The van der Waals surface area contributed by atoms with Crippen LogP contribution in [-0.2, 0) is 9.53 Å². The minimum Gasteiger partial charge on any atom is -0.468 e. The third-order valence-corrected chi connectivity index (χ3v) is 2.62. The van der Waals surface area contributed by atoms with E-state index in [0.29, 0.717) is 0 Å². The molecule has 0 aromatic heterocycles. The van der Waals surface area contributed by atoms with Gasteiger partial charge in [-0.15, -0.1) is 0 Å². The number of likely N-dealkylation sites (N-methyl/N-ethyl adjacent to an activating group) is 2. The highest BCUT2D eigenvalue weighted by Gasteiger charge is 2.26. The van der Waals surface area contributed by atoms with Crippen molar-refractivity contribution in [3.63, 3.8) is 0 Å². The molecule has 0 aromatic rings. The van der Waals surface area contributed by atoms with Crippen LogP contribution in [0.1, 0.15) is 6.42 Å². The summed E-state index contributed by atoms with van der Waals surface area (Å²) in [5.41, 5.74) is 0. The molecule has 0 aromatic carbocycles. The fourth-order valence-corrected chi connectivity index (χ4v) is 1.59. The van der Waals surface area contributed by atoms with Crippen LogP contribution in [0.3, 0.4) is 0 Å². The predicted octanol–water partition coefficient (Wildman–Crippen LogP) is -0.205. The van der Waals surface area contributed by atoms with Crippen LogP contribution in [0.5, 0.6) is 0 Å². The number of methoxy groups -OCH3 is 1. The first-order valence-corrected chi connectivity index (χ1v) is 4.61. The molecule has 0 radical (unpaired) electrons. The van der Waals surface area contributed by atoms with Crippen LogP contribution in [0.25, 0.3) is 0 Å². The molecule has 0 N–H and O–H groups in total. The standard InChI is InChI=1S/C9H18N2O2/c1-10-5-4-8(9(12)13-3)11(2)7-6-10/h8H,4-7H2,1-3H3. The molecule has 1 fully saturated rings. The van der Waals surface area contributed by atoms with E-state index in [4.69, 9.17) is 4.74 Å². The average molecular weight is 186 g/mol. The van der Waals surface area contributed by atoms with E-state index in [1.807, 2.05) is 7.05 Å². The minimum atomic E-state index is -0.113. The fraction of sp³-hybridized carbons (Fsp3) is 0.889. The van der Waals surface area contributed by atoms with Crippen LogP contribution in [0.2, 0.25) is 0 Å². The van der Waals surface area contributed by atoms with Gasteiger partial charge in [-0.2, -0.15) is 0 Å². The van der Waals surface area contributed by atoms with Gasteiger partial charge in [-0.25, -0.2) is 0 Å². The van der Waals surface area contributed by atoms with Gasteiger partial charge in [-0.3, -0.25) is 9.69 Å². The maximum absolute atomic E-state index is 11.4. The van der Waals surface area contributed by atoms with Crippen LogP contribution in [0.4, 0.5) is 0 Å². The summed E-state index contributed by atoms with van der Waals surface area (Å²) >= 11 is 0. The topological polar surface area (TPSA) is 32.8 Å². The van der Waals surface area contributed by atoms with Gasteiger partial charge in [-0.05, 0) is 27.1 Å². The van der Waals surface area contributed by atoms with Crippen LogP contribution in [0, 0.1) is 0 Å². The van der Waals surface area contributed by atoms with Crippen molar-refractivity contribution in [2.75, 3.05) is 40.8 Å². The van der Waals surface area contributed by atoms with Crippen molar-refractivity contribution in [3.8, 4) is 0 Å². The zero-order valence-corrected chi connectivity index (χ0v) is 8.62. The van der Waals surface area contributed by atoms with E-state index >= 15 is 0 Å². The second-order valence-electron chi connectivity index (χ2n) is 3.61. The van der Waals surface area contributed by atoms with E-state index in [2.05, 4.69) is 16.8 Å². The summed E-state index contributed by atoms with van der Waals surface area (Å²) in [6.45, 7) is 2.91. The predicted molar refractivity (Wildman–Crippen MR) is 50.5 cm³/mol. The van der Waals surface area contributed by atoms with Crippen LogP contribution in [-0.4, -0.2) is 62.7 Å². The van der Waals surface area contributed by atoms with E-state index in [9.17, 15) is 4.79 Å². The Hall–Kier alpha value is -0.610. The van der Waals surface area contributed by atoms with E-state index in [0.717, 1.165) is 26.1 Å². The van der Waals surface area contributed by atoms with Crippen molar-refractivity contribution in [2.24, 2.45) is 0 Å². The van der Waals surface area contributed by atoms with Crippen molar-refractivity contribution in [2.45, 2.75) is 12.5 Å². The number of nitrogens with zero attached hydrogens (tertiary/aromatic N) is 2. The van der Waals surface area contributed by atoms with Crippen molar-refractivity contribution >= 4 is 5.97 Å². The number of hydrogen-bond acceptors (Lipinski definition) is 4. The van der Waals surface area contributed by atoms with Gasteiger partial charge in [0.25, 0.3) is 0 Å². The van der Waals surface area contributed by atoms with E-state index < -0.39 is 0 Å². The Morgan fingerprint density at radius 2 is 2.00 bits per heavy atom. The minimum absolute atomic E-state index is 0.0602. The highest BCUT2D eigenvalue weighted by molar-refractivity contribution is 5.75. The Labute approximate surface area is 79.4 Å². The lowest BCUT2D eigenvalue weighted by atomic mass is 10.2. The second-order valence-corrected chi connectivity index (χ2v) is 3.61. The molecule has 1 aliphatic rings. The number of carbonyl (C=O) groups excluding carboxylic acids is 1. The summed E-state index contributed by atoms with van der Waals surface area (Å²) in [7, 11) is 5.50. The molecular formula is C9H18N2O2. The second kappa shape index (κ2) is 4.58. The first-order valence-electron chi connectivity index (χ1n) is 4.61. The number of rotatable bonds is 1. The molecule has 76 valence electrons. The van der Waals surface area contributed by atoms with E-state index in [1.54, 1.807) is 0 Å². The first kappa shape index (κ1) is 10.5. The lowest BCUT2D eigenvalue weighted by molar-refractivity contribution is -0.146. The molecule has 1 saturated heterocycles. The maximum atomic E-state index is 11.4.